The van der Waals surface area contributed by atoms with E-state index in [0.29, 0.717) is 12.1 Å². The Labute approximate surface area is 79.4 Å². The first-order chi connectivity index (χ1) is 6.45. The standard InChI is InChI=1S/C10H18N2O/c1-2-8-6-11-9-3-5-13-7-10(9)12(8)4-1/h8-11H,1-7H2. The molecule has 3 fully saturated rings. The molecule has 3 nitrogen and oxygen atoms in total. The first-order valence-electron chi connectivity index (χ1n) is 5.52. The van der Waals surface area contributed by atoms with Crippen molar-refractivity contribution in [2.75, 3.05) is 26.3 Å². The van der Waals surface area contributed by atoms with Crippen molar-refractivity contribution in [3.05, 3.63) is 0 Å². The highest BCUT2D eigenvalue weighted by Gasteiger charge is 2.40. The van der Waals surface area contributed by atoms with E-state index < -0.39 is 0 Å². The van der Waals surface area contributed by atoms with Gasteiger partial charge in [0.25, 0.3) is 0 Å². The monoisotopic (exact) mass is 182 g/mol. The largest absolute Gasteiger partial charge is 0.380 e. The van der Waals surface area contributed by atoms with Crippen LogP contribution in [0.1, 0.15) is 19.3 Å². The van der Waals surface area contributed by atoms with E-state index in [2.05, 4.69) is 10.2 Å². The van der Waals surface area contributed by atoms with Gasteiger partial charge in [-0.25, -0.2) is 0 Å². The first-order valence-corrected chi connectivity index (χ1v) is 5.52. The lowest BCUT2D eigenvalue weighted by Crippen LogP contribution is -2.63. The number of rotatable bonds is 0. The molecule has 0 saturated carbocycles. The minimum atomic E-state index is 0.676. The van der Waals surface area contributed by atoms with Crippen LogP contribution in [-0.4, -0.2) is 49.3 Å². The van der Waals surface area contributed by atoms with Gasteiger partial charge in [0, 0.05) is 31.3 Å². The summed E-state index contributed by atoms with van der Waals surface area (Å²) in [6.45, 7) is 4.42. The third-order valence-electron chi connectivity index (χ3n) is 3.79. The number of fused-ring (bicyclic) bond motifs is 3. The van der Waals surface area contributed by atoms with E-state index in [-0.39, 0.29) is 0 Å². The molecule has 0 amide bonds. The van der Waals surface area contributed by atoms with Crippen molar-refractivity contribution < 1.29 is 4.74 Å². The summed E-state index contributed by atoms with van der Waals surface area (Å²) >= 11 is 0. The zero-order valence-corrected chi connectivity index (χ0v) is 8.04. The molecule has 0 radical (unpaired) electrons. The Bertz CT molecular complexity index is 197. The Balaban J connectivity index is 1.77. The summed E-state index contributed by atoms with van der Waals surface area (Å²) in [5.74, 6) is 0. The summed E-state index contributed by atoms with van der Waals surface area (Å²) in [6.07, 6.45) is 3.97. The van der Waals surface area contributed by atoms with E-state index in [1.807, 2.05) is 0 Å². The summed E-state index contributed by atoms with van der Waals surface area (Å²) in [5, 5.41) is 3.67. The molecule has 0 aromatic carbocycles. The summed E-state index contributed by atoms with van der Waals surface area (Å²) in [4.78, 5) is 2.68. The second-order valence-electron chi connectivity index (χ2n) is 4.48. The molecule has 3 saturated heterocycles. The fraction of sp³-hybridized carbons (Fsp3) is 1.00. The summed E-state index contributed by atoms with van der Waals surface area (Å²) in [5.41, 5.74) is 0. The normalized spacial score (nSPS) is 45.7. The van der Waals surface area contributed by atoms with Gasteiger partial charge in [0.05, 0.1) is 6.61 Å². The highest BCUT2D eigenvalue weighted by molar-refractivity contribution is 4.98. The zero-order valence-electron chi connectivity index (χ0n) is 8.04. The summed E-state index contributed by atoms with van der Waals surface area (Å²) < 4.78 is 5.57. The topological polar surface area (TPSA) is 24.5 Å². The highest BCUT2D eigenvalue weighted by Crippen LogP contribution is 2.27. The molecule has 3 aliphatic heterocycles. The average molecular weight is 182 g/mol. The van der Waals surface area contributed by atoms with Crippen molar-refractivity contribution in [2.24, 2.45) is 0 Å². The molecule has 3 aliphatic rings. The molecule has 3 atom stereocenters. The molecule has 74 valence electrons. The van der Waals surface area contributed by atoms with Gasteiger partial charge in [0.2, 0.25) is 0 Å². The molecule has 0 aliphatic carbocycles. The van der Waals surface area contributed by atoms with Crippen molar-refractivity contribution in [3.8, 4) is 0 Å². The van der Waals surface area contributed by atoms with E-state index in [4.69, 9.17) is 4.74 Å². The van der Waals surface area contributed by atoms with E-state index in [0.717, 1.165) is 19.3 Å². The van der Waals surface area contributed by atoms with Gasteiger partial charge >= 0.3 is 0 Å². The fourth-order valence-corrected chi connectivity index (χ4v) is 3.09. The van der Waals surface area contributed by atoms with Crippen molar-refractivity contribution in [3.63, 3.8) is 0 Å². The Kier molecular flexibility index (Phi) is 2.04. The molecule has 3 rings (SSSR count). The predicted octanol–water partition coefficient (Wildman–Crippen LogP) is 0.212. The third-order valence-corrected chi connectivity index (χ3v) is 3.79. The van der Waals surface area contributed by atoms with E-state index in [9.17, 15) is 0 Å². The molecule has 0 aromatic heterocycles. The SMILES string of the molecule is C1CC2CNC3CCOCC3N2C1. The Morgan fingerprint density at radius 2 is 2.31 bits per heavy atom. The van der Waals surface area contributed by atoms with Crippen LogP contribution in [0.25, 0.3) is 0 Å². The molecule has 3 heteroatoms. The van der Waals surface area contributed by atoms with Crippen LogP contribution >= 0.6 is 0 Å². The Hall–Kier alpha value is -0.120. The highest BCUT2D eigenvalue weighted by atomic mass is 16.5. The van der Waals surface area contributed by atoms with Crippen molar-refractivity contribution in [1.82, 2.24) is 10.2 Å². The number of hydrogen-bond donors (Lipinski definition) is 1. The maximum atomic E-state index is 5.57. The second-order valence-corrected chi connectivity index (χ2v) is 4.48. The van der Waals surface area contributed by atoms with Gasteiger partial charge in [-0.2, -0.15) is 0 Å². The number of nitrogens with one attached hydrogen (secondary N) is 1. The molecule has 0 bridgehead atoms. The average Bonchev–Trinajstić information content (AvgIpc) is 2.65. The number of ether oxygens (including phenoxy) is 1. The van der Waals surface area contributed by atoms with Gasteiger partial charge in [-0.05, 0) is 25.8 Å². The Morgan fingerprint density at radius 1 is 1.31 bits per heavy atom. The van der Waals surface area contributed by atoms with Crippen LogP contribution in [0.2, 0.25) is 0 Å². The molecule has 13 heavy (non-hydrogen) atoms. The van der Waals surface area contributed by atoms with Gasteiger partial charge in [-0.3, -0.25) is 4.90 Å². The van der Waals surface area contributed by atoms with Crippen LogP contribution in [0.3, 0.4) is 0 Å². The lowest BCUT2D eigenvalue weighted by molar-refractivity contribution is -0.0276. The molecular formula is C10H18N2O. The molecule has 1 N–H and O–H groups in total. The van der Waals surface area contributed by atoms with Crippen LogP contribution < -0.4 is 5.32 Å². The molecule has 0 aromatic rings. The number of hydrogen-bond acceptors (Lipinski definition) is 3. The molecule has 3 unspecified atom stereocenters. The van der Waals surface area contributed by atoms with Crippen LogP contribution in [0.5, 0.6) is 0 Å². The van der Waals surface area contributed by atoms with Gasteiger partial charge in [0.15, 0.2) is 0 Å². The predicted molar refractivity (Wildman–Crippen MR) is 50.7 cm³/mol. The summed E-state index contributed by atoms with van der Waals surface area (Å²) in [7, 11) is 0. The lowest BCUT2D eigenvalue weighted by atomic mass is 9.97. The zero-order chi connectivity index (χ0) is 8.67. The minimum absolute atomic E-state index is 0.676. The maximum Gasteiger partial charge on any atom is 0.0637 e. The van der Waals surface area contributed by atoms with Crippen molar-refractivity contribution >= 4 is 0 Å². The van der Waals surface area contributed by atoms with Gasteiger partial charge in [0.1, 0.15) is 0 Å². The van der Waals surface area contributed by atoms with Crippen molar-refractivity contribution in [2.45, 2.75) is 37.4 Å². The maximum absolute atomic E-state index is 5.57. The minimum Gasteiger partial charge on any atom is -0.380 e. The van der Waals surface area contributed by atoms with Crippen LogP contribution in [0.4, 0.5) is 0 Å². The van der Waals surface area contributed by atoms with Gasteiger partial charge in [-0.1, -0.05) is 0 Å². The molecular weight excluding hydrogens is 164 g/mol. The number of piperazine rings is 1. The fourth-order valence-electron chi connectivity index (χ4n) is 3.09. The first kappa shape index (κ1) is 8.21. The Morgan fingerprint density at radius 3 is 3.31 bits per heavy atom. The van der Waals surface area contributed by atoms with E-state index in [1.54, 1.807) is 0 Å². The third kappa shape index (κ3) is 1.30. The quantitative estimate of drug-likeness (QED) is 0.579. The van der Waals surface area contributed by atoms with Crippen LogP contribution in [0.15, 0.2) is 0 Å². The van der Waals surface area contributed by atoms with Crippen LogP contribution in [0, 0.1) is 0 Å². The van der Waals surface area contributed by atoms with Gasteiger partial charge in [-0.15, -0.1) is 0 Å². The van der Waals surface area contributed by atoms with Gasteiger partial charge < -0.3 is 10.1 Å². The lowest BCUT2D eigenvalue weighted by Gasteiger charge is -2.45. The summed E-state index contributed by atoms with van der Waals surface area (Å²) in [6, 6.07) is 2.20. The molecule has 3 heterocycles. The van der Waals surface area contributed by atoms with E-state index in [1.165, 1.54) is 32.4 Å². The van der Waals surface area contributed by atoms with Crippen LogP contribution in [-0.2, 0) is 4.74 Å². The van der Waals surface area contributed by atoms with Crippen molar-refractivity contribution in [1.29, 1.82) is 0 Å². The second kappa shape index (κ2) is 3.23. The molecule has 0 spiro atoms. The van der Waals surface area contributed by atoms with E-state index >= 15 is 0 Å². The number of nitrogens with zero attached hydrogens (tertiary/aromatic N) is 1. The smallest absolute Gasteiger partial charge is 0.0637 e.